The molecule has 0 aliphatic carbocycles. The molecule has 1 aromatic heterocycles. The summed E-state index contributed by atoms with van der Waals surface area (Å²) >= 11 is 7.17. The van der Waals surface area contributed by atoms with Gasteiger partial charge in [-0.3, -0.25) is 0 Å². The van der Waals surface area contributed by atoms with Gasteiger partial charge in [0.2, 0.25) is 0 Å². The topological polar surface area (TPSA) is 24.9 Å². The third-order valence-corrected chi connectivity index (χ3v) is 3.33. The number of rotatable bonds is 3. The highest BCUT2D eigenvalue weighted by Crippen LogP contribution is 2.28. The second kappa shape index (κ2) is 4.91. The zero-order chi connectivity index (χ0) is 11.5. The van der Waals surface area contributed by atoms with E-state index < -0.39 is 0 Å². The Labute approximate surface area is 102 Å². The number of hydrogen-bond acceptors (Lipinski definition) is 3. The molecule has 1 N–H and O–H groups in total. The Morgan fingerprint density at radius 3 is 3.00 bits per heavy atom. The predicted octanol–water partition coefficient (Wildman–Crippen LogP) is 3.32. The molecule has 1 heterocycles. The number of nitrogens with one attached hydrogen (secondary N) is 1. The van der Waals surface area contributed by atoms with E-state index >= 15 is 0 Å². The number of halogens is 2. The summed E-state index contributed by atoms with van der Waals surface area (Å²) in [6.07, 6.45) is 1.75. The fourth-order valence-corrected chi connectivity index (χ4v) is 2.46. The van der Waals surface area contributed by atoms with Crippen molar-refractivity contribution in [3.05, 3.63) is 40.1 Å². The molecule has 16 heavy (non-hydrogen) atoms. The van der Waals surface area contributed by atoms with Crippen molar-refractivity contribution in [1.29, 1.82) is 0 Å². The van der Waals surface area contributed by atoms with Gasteiger partial charge in [0.15, 0.2) is 0 Å². The summed E-state index contributed by atoms with van der Waals surface area (Å²) in [5, 5.41) is 4.10. The number of thiazole rings is 1. The van der Waals surface area contributed by atoms with Crippen molar-refractivity contribution >= 4 is 22.9 Å². The summed E-state index contributed by atoms with van der Waals surface area (Å²) < 4.78 is 13.6. The molecule has 0 saturated heterocycles. The first-order valence-electron chi connectivity index (χ1n) is 4.75. The van der Waals surface area contributed by atoms with Crippen molar-refractivity contribution in [2.45, 2.75) is 6.54 Å². The van der Waals surface area contributed by atoms with Crippen LogP contribution in [0.15, 0.2) is 24.4 Å². The lowest BCUT2D eigenvalue weighted by Crippen LogP contribution is -2.02. The van der Waals surface area contributed by atoms with Crippen LogP contribution >= 0.6 is 22.9 Å². The predicted molar refractivity (Wildman–Crippen MR) is 65.3 cm³/mol. The third-order valence-electron chi connectivity index (χ3n) is 2.07. The fraction of sp³-hybridized carbons (Fsp3) is 0.182. The maximum absolute atomic E-state index is 13.6. The van der Waals surface area contributed by atoms with E-state index in [2.05, 4.69) is 10.3 Å². The molecule has 2 rings (SSSR count). The average molecular weight is 257 g/mol. The van der Waals surface area contributed by atoms with Crippen LogP contribution in [0.4, 0.5) is 4.39 Å². The summed E-state index contributed by atoms with van der Waals surface area (Å²) in [5.74, 6) is -0.335. The van der Waals surface area contributed by atoms with E-state index in [0.717, 1.165) is 11.4 Å². The van der Waals surface area contributed by atoms with Crippen molar-refractivity contribution in [3.8, 4) is 10.6 Å². The molecule has 0 spiro atoms. The van der Waals surface area contributed by atoms with E-state index in [4.69, 9.17) is 11.6 Å². The van der Waals surface area contributed by atoms with Gasteiger partial charge in [-0.25, -0.2) is 9.37 Å². The van der Waals surface area contributed by atoms with Crippen molar-refractivity contribution < 1.29 is 4.39 Å². The SMILES string of the molecule is CNCc1cnc(-c2ccc(Cl)cc2F)s1. The van der Waals surface area contributed by atoms with E-state index in [0.29, 0.717) is 15.6 Å². The highest BCUT2D eigenvalue weighted by atomic mass is 35.5. The van der Waals surface area contributed by atoms with Crippen molar-refractivity contribution in [2.24, 2.45) is 0 Å². The highest BCUT2D eigenvalue weighted by molar-refractivity contribution is 7.15. The third kappa shape index (κ3) is 2.40. The molecular formula is C11H10ClFN2S. The van der Waals surface area contributed by atoms with E-state index in [9.17, 15) is 4.39 Å². The first kappa shape index (κ1) is 11.5. The van der Waals surface area contributed by atoms with Gasteiger partial charge >= 0.3 is 0 Å². The van der Waals surface area contributed by atoms with Gasteiger partial charge in [0.25, 0.3) is 0 Å². The maximum Gasteiger partial charge on any atom is 0.134 e. The molecule has 84 valence electrons. The number of hydrogen-bond donors (Lipinski definition) is 1. The molecule has 2 nitrogen and oxygen atoms in total. The van der Waals surface area contributed by atoms with Crippen molar-refractivity contribution in [2.75, 3.05) is 7.05 Å². The minimum absolute atomic E-state index is 0.335. The van der Waals surface area contributed by atoms with Gasteiger partial charge in [-0.15, -0.1) is 11.3 Å². The monoisotopic (exact) mass is 256 g/mol. The second-order valence-electron chi connectivity index (χ2n) is 3.29. The van der Waals surface area contributed by atoms with Crippen LogP contribution in [0.25, 0.3) is 10.6 Å². The van der Waals surface area contributed by atoms with E-state index in [1.807, 2.05) is 7.05 Å². The molecule has 0 aliphatic heterocycles. The Hall–Kier alpha value is -0.970. The van der Waals surface area contributed by atoms with Crippen LogP contribution in [0.1, 0.15) is 4.88 Å². The Kier molecular flexibility index (Phi) is 3.53. The quantitative estimate of drug-likeness (QED) is 0.911. The average Bonchev–Trinajstić information content (AvgIpc) is 2.67. The van der Waals surface area contributed by atoms with Crippen LogP contribution in [-0.4, -0.2) is 12.0 Å². The van der Waals surface area contributed by atoms with Gasteiger partial charge < -0.3 is 5.32 Å². The van der Waals surface area contributed by atoms with Crippen LogP contribution in [0.2, 0.25) is 5.02 Å². The molecule has 0 fully saturated rings. The first-order chi connectivity index (χ1) is 7.70. The Morgan fingerprint density at radius 2 is 2.31 bits per heavy atom. The minimum Gasteiger partial charge on any atom is -0.315 e. The fourth-order valence-electron chi connectivity index (χ4n) is 1.35. The number of nitrogens with zero attached hydrogens (tertiary/aromatic N) is 1. The molecule has 0 aliphatic rings. The molecule has 0 atom stereocenters. The van der Waals surface area contributed by atoms with Crippen molar-refractivity contribution in [3.63, 3.8) is 0 Å². The van der Waals surface area contributed by atoms with Crippen LogP contribution in [-0.2, 0) is 6.54 Å². The number of benzene rings is 1. The largest absolute Gasteiger partial charge is 0.315 e. The molecule has 0 unspecified atom stereocenters. The van der Waals surface area contributed by atoms with Crippen LogP contribution < -0.4 is 5.32 Å². The number of aromatic nitrogens is 1. The molecule has 0 bridgehead atoms. The molecule has 0 amide bonds. The summed E-state index contributed by atoms with van der Waals surface area (Å²) in [4.78, 5) is 5.27. The summed E-state index contributed by atoms with van der Waals surface area (Å²) in [5.41, 5.74) is 0.497. The Bertz CT molecular complexity index is 498. The lowest BCUT2D eigenvalue weighted by atomic mass is 10.2. The Balaban J connectivity index is 2.35. The van der Waals surface area contributed by atoms with Gasteiger partial charge in [0.1, 0.15) is 10.8 Å². The maximum atomic E-state index is 13.6. The molecule has 2 aromatic rings. The van der Waals surface area contributed by atoms with E-state index in [-0.39, 0.29) is 5.82 Å². The summed E-state index contributed by atoms with van der Waals surface area (Å²) in [6.45, 7) is 0.743. The molecule has 1 aromatic carbocycles. The smallest absolute Gasteiger partial charge is 0.134 e. The Morgan fingerprint density at radius 1 is 1.50 bits per heavy atom. The van der Waals surface area contributed by atoms with Gasteiger partial charge in [0, 0.05) is 28.2 Å². The van der Waals surface area contributed by atoms with Crippen LogP contribution in [0.3, 0.4) is 0 Å². The van der Waals surface area contributed by atoms with Crippen molar-refractivity contribution in [1.82, 2.24) is 10.3 Å². The molecular weight excluding hydrogens is 247 g/mol. The van der Waals surface area contributed by atoms with Gasteiger partial charge in [-0.2, -0.15) is 0 Å². The van der Waals surface area contributed by atoms with Crippen LogP contribution in [0, 0.1) is 5.82 Å². The molecule has 0 radical (unpaired) electrons. The zero-order valence-electron chi connectivity index (χ0n) is 8.63. The second-order valence-corrected chi connectivity index (χ2v) is 4.84. The van der Waals surface area contributed by atoms with Gasteiger partial charge in [0.05, 0.1) is 0 Å². The van der Waals surface area contributed by atoms with E-state index in [1.165, 1.54) is 17.4 Å². The summed E-state index contributed by atoms with van der Waals surface area (Å²) in [6, 6.07) is 4.62. The van der Waals surface area contributed by atoms with Crippen LogP contribution in [0.5, 0.6) is 0 Å². The normalized spacial score (nSPS) is 10.7. The summed E-state index contributed by atoms with van der Waals surface area (Å²) in [7, 11) is 1.86. The first-order valence-corrected chi connectivity index (χ1v) is 5.95. The van der Waals surface area contributed by atoms with Gasteiger partial charge in [-0.1, -0.05) is 11.6 Å². The highest BCUT2D eigenvalue weighted by Gasteiger charge is 2.09. The minimum atomic E-state index is -0.335. The standard InChI is InChI=1S/C11H10ClFN2S/c1-14-5-8-6-15-11(16-8)9-3-2-7(12)4-10(9)13/h2-4,6,14H,5H2,1H3. The molecule has 0 saturated carbocycles. The molecule has 5 heteroatoms. The zero-order valence-corrected chi connectivity index (χ0v) is 10.2. The lowest BCUT2D eigenvalue weighted by molar-refractivity contribution is 0.631. The van der Waals surface area contributed by atoms with Gasteiger partial charge in [-0.05, 0) is 25.2 Å². The lowest BCUT2D eigenvalue weighted by Gasteiger charge is -1.98. The van der Waals surface area contributed by atoms with E-state index in [1.54, 1.807) is 18.3 Å².